The number of ether oxygens (including phenoxy) is 1. The molecule has 0 atom stereocenters. The first-order chi connectivity index (χ1) is 14.4. The van der Waals surface area contributed by atoms with Crippen LogP contribution in [0.15, 0.2) is 12.1 Å². The Morgan fingerprint density at radius 2 is 1.74 bits per heavy atom. The number of nitrogen functional groups attached to an aromatic ring is 1. The molecule has 1 amide bonds. The van der Waals surface area contributed by atoms with Gasteiger partial charge < -0.3 is 20.7 Å². The summed E-state index contributed by atoms with van der Waals surface area (Å²) in [6.45, 7) is 3.43. The molecule has 5 fully saturated rings. The number of hydrogen-bond acceptors (Lipinski definition) is 4. The van der Waals surface area contributed by atoms with Crippen LogP contribution in [0.1, 0.15) is 61.7 Å². The van der Waals surface area contributed by atoms with Crippen molar-refractivity contribution in [3.05, 3.63) is 22.7 Å². The standard InChI is InChI=1S/C24H34ClN3O2.ClH/c1-30-22-10-21(26)20(25)9-19(22)23(29)27-18-2-4-28(5-3-18)14-24-11-15-6-16(12-24)8-17(7-15)13-24;/h9-10,15-18H,2-8,11-14,26H2,1H3,(H,27,29);1H. The third-order valence-electron chi connectivity index (χ3n) is 8.21. The van der Waals surface area contributed by atoms with Gasteiger partial charge in [0, 0.05) is 31.7 Å². The van der Waals surface area contributed by atoms with E-state index in [1.54, 1.807) is 19.2 Å². The lowest BCUT2D eigenvalue weighted by Crippen LogP contribution is -2.53. The molecule has 1 heterocycles. The van der Waals surface area contributed by atoms with Crippen molar-refractivity contribution in [3.63, 3.8) is 0 Å². The molecule has 0 aromatic heterocycles. The van der Waals surface area contributed by atoms with Gasteiger partial charge in [0.1, 0.15) is 5.75 Å². The number of carbonyl (C=O) groups excluding carboxylic acids is 1. The van der Waals surface area contributed by atoms with Crippen molar-refractivity contribution in [2.45, 2.75) is 57.4 Å². The molecule has 0 unspecified atom stereocenters. The van der Waals surface area contributed by atoms with E-state index in [4.69, 9.17) is 22.1 Å². The monoisotopic (exact) mass is 467 g/mol. The number of nitrogens with two attached hydrogens (primary N) is 1. The molecule has 6 rings (SSSR count). The number of hydrogen-bond donors (Lipinski definition) is 2. The Hall–Kier alpha value is -1.17. The van der Waals surface area contributed by atoms with Gasteiger partial charge in [0.05, 0.1) is 23.4 Å². The predicted molar refractivity (Wildman–Crippen MR) is 127 cm³/mol. The number of likely N-dealkylation sites (tertiary alicyclic amines) is 1. The molecule has 3 N–H and O–H groups in total. The second-order valence-electron chi connectivity index (χ2n) is 10.5. The summed E-state index contributed by atoms with van der Waals surface area (Å²) in [4.78, 5) is 15.5. The number of nitrogens with zero attached hydrogens (tertiary/aromatic N) is 1. The maximum atomic E-state index is 12.8. The van der Waals surface area contributed by atoms with Gasteiger partial charge in [0.25, 0.3) is 5.91 Å². The van der Waals surface area contributed by atoms with Crippen molar-refractivity contribution in [2.75, 3.05) is 32.5 Å². The van der Waals surface area contributed by atoms with Crippen molar-refractivity contribution >= 4 is 35.6 Å². The number of rotatable bonds is 5. The fraction of sp³-hybridized carbons (Fsp3) is 0.708. The summed E-state index contributed by atoms with van der Waals surface area (Å²) < 4.78 is 5.34. The molecule has 0 radical (unpaired) electrons. The van der Waals surface area contributed by atoms with Crippen molar-refractivity contribution in [1.29, 1.82) is 0 Å². The van der Waals surface area contributed by atoms with Crippen LogP contribution in [0.25, 0.3) is 0 Å². The SMILES string of the molecule is COc1cc(N)c(Cl)cc1C(=O)NC1CCN(CC23CC4CC(CC(C4)C2)C3)CC1.Cl. The van der Waals surface area contributed by atoms with Gasteiger partial charge >= 0.3 is 0 Å². The molecule has 5 aliphatic rings. The predicted octanol–water partition coefficient (Wildman–Crippen LogP) is 4.76. The number of amides is 1. The number of benzene rings is 1. The van der Waals surface area contributed by atoms with Gasteiger partial charge in [-0.25, -0.2) is 0 Å². The molecule has 1 aliphatic heterocycles. The molecule has 5 nitrogen and oxygen atoms in total. The molecule has 0 spiro atoms. The summed E-state index contributed by atoms with van der Waals surface area (Å²) in [6.07, 6.45) is 10.9. The van der Waals surface area contributed by atoms with E-state index in [1.807, 2.05) is 0 Å². The summed E-state index contributed by atoms with van der Waals surface area (Å²) in [5.41, 5.74) is 7.31. The third kappa shape index (κ3) is 4.65. The van der Waals surface area contributed by atoms with E-state index in [1.165, 1.54) is 45.1 Å². The molecule has 1 aromatic carbocycles. The Morgan fingerprint density at radius 3 is 2.29 bits per heavy atom. The maximum absolute atomic E-state index is 12.8. The van der Waals surface area contributed by atoms with Gasteiger partial charge in [-0.15, -0.1) is 12.4 Å². The molecule has 172 valence electrons. The van der Waals surface area contributed by atoms with Crippen molar-refractivity contribution in [3.8, 4) is 5.75 Å². The van der Waals surface area contributed by atoms with Crippen molar-refractivity contribution in [2.24, 2.45) is 23.2 Å². The van der Waals surface area contributed by atoms with E-state index < -0.39 is 0 Å². The highest BCUT2D eigenvalue weighted by Crippen LogP contribution is 2.60. The molecule has 7 heteroatoms. The highest BCUT2D eigenvalue weighted by molar-refractivity contribution is 6.33. The lowest BCUT2D eigenvalue weighted by atomic mass is 9.49. The summed E-state index contributed by atoms with van der Waals surface area (Å²) in [6, 6.07) is 3.42. The molecule has 31 heavy (non-hydrogen) atoms. The molecule has 1 saturated heterocycles. The topological polar surface area (TPSA) is 67.6 Å². The Labute approximate surface area is 196 Å². The minimum Gasteiger partial charge on any atom is -0.496 e. The molecule has 4 saturated carbocycles. The zero-order chi connectivity index (χ0) is 20.9. The number of piperidine rings is 1. The average molecular weight is 468 g/mol. The molecule has 1 aromatic rings. The lowest BCUT2D eigenvalue weighted by molar-refractivity contribution is -0.0716. The number of anilines is 1. The summed E-state index contributed by atoms with van der Waals surface area (Å²) in [7, 11) is 1.54. The molecular weight excluding hydrogens is 433 g/mol. The first kappa shape index (κ1) is 23.0. The van der Waals surface area contributed by atoms with Crippen molar-refractivity contribution in [1.82, 2.24) is 10.2 Å². The Bertz CT molecular complexity index is 788. The average Bonchev–Trinajstić information content (AvgIpc) is 2.70. The number of halogens is 2. The summed E-state index contributed by atoms with van der Waals surface area (Å²) >= 11 is 6.13. The Balaban J connectivity index is 0.00000231. The quantitative estimate of drug-likeness (QED) is 0.612. The van der Waals surface area contributed by atoms with E-state index in [-0.39, 0.29) is 24.4 Å². The van der Waals surface area contributed by atoms with Gasteiger partial charge in [-0.3, -0.25) is 4.79 Å². The Kier molecular flexibility index (Phi) is 6.67. The smallest absolute Gasteiger partial charge is 0.255 e. The van der Waals surface area contributed by atoms with Crippen molar-refractivity contribution < 1.29 is 9.53 Å². The summed E-state index contributed by atoms with van der Waals surface area (Å²) in [5, 5.41) is 3.57. The fourth-order valence-electron chi connectivity index (χ4n) is 7.37. The van der Waals surface area contributed by atoms with E-state index in [2.05, 4.69) is 10.2 Å². The van der Waals surface area contributed by atoms with Gasteiger partial charge in [0.2, 0.25) is 0 Å². The first-order valence-electron chi connectivity index (χ1n) is 11.6. The highest BCUT2D eigenvalue weighted by atomic mass is 35.5. The molecule has 4 aliphatic carbocycles. The highest BCUT2D eigenvalue weighted by Gasteiger charge is 2.51. The Morgan fingerprint density at radius 1 is 1.16 bits per heavy atom. The molecule has 4 bridgehead atoms. The van der Waals surface area contributed by atoms with E-state index >= 15 is 0 Å². The lowest BCUT2D eigenvalue weighted by Gasteiger charge is -2.58. The van der Waals surface area contributed by atoms with E-state index in [0.717, 1.165) is 43.7 Å². The fourth-order valence-corrected chi connectivity index (χ4v) is 7.54. The van der Waals surface area contributed by atoms with Gasteiger partial charge in [-0.2, -0.15) is 0 Å². The van der Waals surface area contributed by atoms with Gasteiger partial charge in [-0.05, 0) is 80.6 Å². The second-order valence-corrected chi connectivity index (χ2v) is 10.9. The third-order valence-corrected chi connectivity index (χ3v) is 8.54. The maximum Gasteiger partial charge on any atom is 0.255 e. The largest absolute Gasteiger partial charge is 0.496 e. The van der Waals surface area contributed by atoms with Crippen LogP contribution in [0, 0.1) is 23.2 Å². The van der Waals surface area contributed by atoms with Crippen LogP contribution >= 0.6 is 24.0 Å². The van der Waals surface area contributed by atoms with Crippen LogP contribution < -0.4 is 15.8 Å². The number of nitrogens with one attached hydrogen (secondary N) is 1. The van der Waals surface area contributed by atoms with Crippen LogP contribution in [0.3, 0.4) is 0 Å². The summed E-state index contributed by atoms with van der Waals surface area (Å²) in [5.74, 6) is 3.36. The van der Waals surface area contributed by atoms with E-state index in [0.29, 0.717) is 27.4 Å². The zero-order valence-corrected chi connectivity index (χ0v) is 19.9. The second kappa shape index (κ2) is 8.99. The van der Waals surface area contributed by atoms with Crippen LogP contribution in [0.5, 0.6) is 5.75 Å². The minimum absolute atomic E-state index is 0. The van der Waals surface area contributed by atoms with E-state index in [9.17, 15) is 4.79 Å². The molecular formula is C24H35Cl2N3O2. The van der Waals surface area contributed by atoms with Crippen LogP contribution in [0.2, 0.25) is 5.02 Å². The van der Waals surface area contributed by atoms with Crippen LogP contribution in [-0.4, -0.2) is 43.6 Å². The van der Waals surface area contributed by atoms with Crippen LogP contribution in [0.4, 0.5) is 5.69 Å². The first-order valence-corrected chi connectivity index (χ1v) is 12.0. The van der Waals surface area contributed by atoms with Gasteiger partial charge in [-0.1, -0.05) is 11.6 Å². The zero-order valence-electron chi connectivity index (χ0n) is 18.4. The minimum atomic E-state index is -0.131. The number of carbonyl (C=O) groups is 1. The number of methoxy groups -OCH3 is 1. The van der Waals surface area contributed by atoms with Gasteiger partial charge in [0.15, 0.2) is 0 Å². The normalized spacial score (nSPS) is 32.5. The van der Waals surface area contributed by atoms with Crippen LogP contribution in [-0.2, 0) is 0 Å².